The summed E-state index contributed by atoms with van der Waals surface area (Å²) in [7, 11) is 0. The molecule has 1 aromatic rings. The van der Waals surface area contributed by atoms with E-state index in [1.165, 1.54) is 0 Å². The average Bonchev–Trinajstić information content (AvgIpc) is 2.44. The van der Waals surface area contributed by atoms with Gasteiger partial charge < -0.3 is 20.3 Å². The molecule has 1 aromatic carbocycles. The first-order chi connectivity index (χ1) is 8.65. The molecule has 0 aliphatic heterocycles. The number of alkyl carbamates (subject to hydrolysis) is 1. The minimum atomic E-state index is -1.02. The summed E-state index contributed by atoms with van der Waals surface area (Å²) in [5, 5.41) is 20.8. The van der Waals surface area contributed by atoms with Gasteiger partial charge in [-0.2, -0.15) is 0 Å². The van der Waals surface area contributed by atoms with Gasteiger partial charge in [0.25, 0.3) is 0 Å². The van der Waals surface area contributed by atoms with E-state index >= 15 is 0 Å². The number of hydrogen-bond acceptors (Lipinski definition) is 4. The Morgan fingerprint density at radius 2 is 1.89 bits per heavy atom. The van der Waals surface area contributed by atoms with Crippen LogP contribution in [0.3, 0.4) is 0 Å². The van der Waals surface area contributed by atoms with Gasteiger partial charge in [-0.1, -0.05) is 37.3 Å². The Kier molecular flexibility index (Phi) is 5.61. The lowest BCUT2D eigenvalue weighted by Gasteiger charge is -2.29. The monoisotopic (exact) mass is 253 g/mol. The highest BCUT2D eigenvalue weighted by atomic mass is 16.5. The van der Waals surface area contributed by atoms with Gasteiger partial charge in [0.2, 0.25) is 0 Å². The van der Waals surface area contributed by atoms with Crippen molar-refractivity contribution in [3.63, 3.8) is 0 Å². The molecule has 100 valence electrons. The van der Waals surface area contributed by atoms with E-state index in [-0.39, 0.29) is 19.8 Å². The lowest BCUT2D eigenvalue weighted by atomic mass is 9.99. The predicted octanol–water partition coefficient (Wildman–Crippen LogP) is 1.05. The first-order valence-corrected chi connectivity index (χ1v) is 5.86. The summed E-state index contributed by atoms with van der Waals surface area (Å²) >= 11 is 0. The molecule has 1 rings (SSSR count). The summed E-state index contributed by atoms with van der Waals surface area (Å²) in [6, 6.07) is 9.28. The van der Waals surface area contributed by atoms with Crippen molar-refractivity contribution < 1.29 is 19.7 Å². The van der Waals surface area contributed by atoms with Crippen molar-refractivity contribution >= 4 is 6.09 Å². The Morgan fingerprint density at radius 3 is 2.39 bits per heavy atom. The van der Waals surface area contributed by atoms with Crippen molar-refractivity contribution in [3.05, 3.63) is 35.9 Å². The SMILES string of the molecule is CCC(CO)(CO)NC(=O)OCc1ccccc1. The van der Waals surface area contributed by atoms with Gasteiger partial charge >= 0.3 is 6.09 Å². The van der Waals surface area contributed by atoms with Crippen LogP contribution in [0.2, 0.25) is 0 Å². The van der Waals surface area contributed by atoms with E-state index in [1.807, 2.05) is 30.3 Å². The van der Waals surface area contributed by atoms with E-state index in [0.717, 1.165) is 5.56 Å². The van der Waals surface area contributed by atoms with Crippen LogP contribution in [0.1, 0.15) is 18.9 Å². The fourth-order valence-electron chi connectivity index (χ4n) is 1.42. The van der Waals surface area contributed by atoms with E-state index in [0.29, 0.717) is 6.42 Å². The van der Waals surface area contributed by atoms with Gasteiger partial charge in [0, 0.05) is 0 Å². The van der Waals surface area contributed by atoms with Crippen LogP contribution in [-0.2, 0) is 11.3 Å². The average molecular weight is 253 g/mol. The lowest BCUT2D eigenvalue weighted by molar-refractivity contribution is 0.0702. The van der Waals surface area contributed by atoms with Crippen LogP contribution in [0.25, 0.3) is 0 Å². The summed E-state index contributed by atoms with van der Waals surface area (Å²) in [6.07, 6.45) is -0.232. The molecular formula is C13H19NO4. The number of nitrogens with one attached hydrogen (secondary N) is 1. The van der Waals surface area contributed by atoms with Crippen LogP contribution >= 0.6 is 0 Å². The Morgan fingerprint density at radius 1 is 1.28 bits per heavy atom. The van der Waals surface area contributed by atoms with E-state index in [2.05, 4.69) is 5.32 Å². The first-order valence-electron chi connectivity index (χ1n) is 5.86. The molecule has 3 N–H and O–H groups in total. The van der Waals surface area contributed by atoms with E-state index in [4.69, 9.17) is 4.74 Å². The number of carbonyl (C=O) groups is 1. The van der Waals surface area contributed by atoms with Crippen molar-refractivity contribution in [1.82, 2.24) is 5.32 Å². The zero-order valence-electron chi connectivity index (χ0n) is 10.4. The number of aliphatic hydroxyl groups excluding tert-OH is 2. The molecule has 5 nitrogen and oxygen atoms in total. The molecule has 0 saturated carbocycles. The van der Waals surface area contributed by atoms with Crippen LogP contribution in [0.4, 0.5) is 4.79 Å². The number of ether oxygens (including phenoxy) is 1. The predicted molar refractivity (Wildman–Crippen MR) is 67.0 cm³/mol. The molecule has 18 heavy (non-hydrogen) atoms. The number of hydrogen-bond donors (Lipinski definition) is 3. The summed E-state index contributed by atoms with van der Waals surface area (Å²) in [5.74, 6) is 0. The van der Waals surface area contributed by atoms with E-state index in [1.54, 1.807) is 6.92 Å². The molecule has 0 fully saturated rings. The Bertz CT molecular complexity index is 354. The largest absolute Gasteiger partial charge is 0.445 e. The smallest absolute Gasteiger partial charge is 0.408 e. The maximum atomic E-state index is 11.6. The van der Waals surface area contributed by atoms with Crippen LogP contribution in [0, 0.1) is 0 Å². The summed E-state index contributed by atoms with van der Waals surface area (Å²) < 4.78 is 5.02. The highest BCUT2D eigenvalue weighted by Gasteiger charge is 2.29. The Balaban J connectivity index is 2.46. The van der Waals surface area contributed by atoms with Gasteiger partial charge in [0.05, 0.1) is 18.8 Å². The lowest BCUT2D eigenvalue weighted by Crippen LogP contribution is -2.53. The number of benzene rings is 1. The third kappa shape index (κ3) is 4.01. The van der Waals surface area contributed by atoms with Gasteiger partial charge in [-0.15, -0.1) is 0 Å². The number of aliphatic hydroxyl groups is 2. The summed E-state index contributed by atoms with van der Waals surface area (Å²) in [5.41, 5.74) is -0.143. The van der Waals surface area contributed by atoms with Gasteiger partial charge in [-0.05, 0) is 12.0 Å². The molecule has 1 amide bonds. The van der Waals surface area contributed by atoms with Gasteiger partial charge in [-0.3, -0.25) is 0 Å². The molecule has 0 aliphatic rings. The quantitative estimate of drug-likeness (QED) is 0.708. The minimum Gasteiger partial charge on any atom is -0.445 e. The second-order valence-electron chi connectivity index (χ2n) is 4.14. The molecule has 0 unspecified atom stereocenters. The fourth-order valence-corrected chi connectivity index (χ4v) is 1.42. The molecule has 0 aliphatic carbocycles. The number of rotatable bonds is 6. The Hall–Kier alpha value is -1.59. The second kappa shape index (κ2) is 6.98. The molecule has 0 spiro atoms. The van der Waals surface area contributed by atoms with Crippen molar-refractivity contribution in [2.24, 2.45) is 0 Å². The first kappa shape index (κ1) is 14.5. The summed E-state index contributed by atoms with van der Waals surface area (Å²) in [4.78, 5) is 11.6. The molecule has 0 bridgehead atoms. The molecule has 5 heteroatoms. The fraction of sp³-hybridized carbons (Fsp3) is 0.462. The molecule has 0 heterocycles. The zero-order valence-corrected chi connectivity index (χ0v) is 10.4. The van der Waals surface area contributed by atoms with Crippen molar-refractivity contribution in [2.75, 3.05) is 13.2 Å². The third-order valence-electron chi connectivity index (χ3n) is 2.86. The van der Waals surface area contributed by atoms with Crippen LogP contribution in [-0.4, -0.2) is 35.1 Å². The van der Waals surface area contributed by atoms with Crippen molar-refractivity contribution in [1.29, 1.82) is 0 Å². The highest BCUT2D eigenvalue weighted by molar-refractivity contribution is 5.68. The molecule has 0 aromatic heterocycles. The maximum Gasteiger partial charge on any atom is 0.408 e. The maximum absolute atomic E-state index is 11.6. The molecule has 0 atom stereocenters. The van der Waals surface area contributed by atoms with Gasteiger partial charge in [-0.25, -0.2) is 4.79 Å². The van der Waals surface area contributed by atoms with Crippen LogP contribution in [0.15, 0.2) is 30.3 Å². The van der Waals surface area contributed by atoms with Crippen LogP contribution in [0.5, 0.6) is 0 Å². The highest BCUT2D eigenvalue weighted by Crippen LogP contribution is 2.09. The normalized spacial score (nSPS) is 11.1. The molecule has 0 saturated heterocycles. The van der Waals surface area contributed by atoms with Crippen molar-refractivity contribution in [3.8, 4) is 0 Å². The molecule has 0 radical (unpaired) electrons. The van der Waals surface area contributed by atoms with E-state index in [9.17, 15) is 15.0 Å². The van der Waals surface area contributed by atoms with Gasteiger partial charge in [0.1, 0.15) is 6.61 Å². The van der Waals surface area contributed by atoms with Crippen LogP contribution < -0.4 is 5.32 Å². The number of carbonyl (C=O) groups excluding carboxylic acids is 1. The zero-order chi connectivity index (χ0) is 13.4. The summed E-state index contributed by atoms with van der Waals surface area (Å²) in [6.45, 7) is 1.26. The standard InChI is InChI=1S/C13H19NO4/c1-2-13(9-15,10-16)14-12(17)18-8-11-6-4-3-5-7-11/h3-7,15-16H,2,8-10H2,1H3,(H,14,17). The van der Waals surface area contributed by atoms with E-state index < -0.39 is 11.6 Å². The topological polar surface area (TPSA) is 78.8 Å². The second-order valence-corrected chi connectivity index (χ2v) is 4.14. The molecular weight excluding hydrogens is 234 g/mol. The minimum absolute atomic E-state index is 0.156. The Labute approximate surface area is 106 Å². The van der Waals surface area contributed by atoms with Crippen molar-refractivity contribution in [2.45, 2.75) is 25.5 Å². The third-order valence-corrected chi connectivity index (χ3v) is 2.86. The number of amides is 1. The van der Waals surface area contributed by atoms with Gasteiger partial charge in [0.15, 0.2) is 0 Å².